The molecule has 5 rings (SSSR count). The van der Waals surface area contributed by atoms with Crippen molar-refractivity contribution in [1.29, 1.82) is 0 Å². The maximum absolute atomic E-state index is 13.3. The van der Waals surface area contributed by atoms with Crippen LogP contribution >= 0.6 is 0 Å². The lowest BCUT2D eigenvalue weighted by Crippen LogP contribution is -2.16. The van der Waals surface area contributed by atoms with E-state index in [-0.39, 0.29) is 17.9 Å². The topological polar surface area (TPSA) is 92.2 Å². The molecule has 0 fully saturated rings. The number of nitrogens with zero attached hydrogens (tertiary/aromatic N) is 4. The summed E-state index contributed by atoms with van der Waals surface area (Å²) in [6, 6.07) is 9.95. The van der Waals surface area contributed by atoms with Gasteiger partial charge in [0.15, 0.2) is 0 Å². The SMILES string of the molecule is O=c1[nH]c2cc(F)ccc2cc1Cn1cc(-c2cnc3[nH]ccc3c2)nn1. The molecule has 0 radical (unpaired) electrons. The first-order chi connectivity index (χ1) is 13.2. The highest BCUT2D eigenvalue weighted by atomic mass is 19.1. The fourth-order valence-electron chi connectivity index (χ4n) is 3.10. The fraction of sp³-hybridized carbons (Fsp3) is 0.0526. The minimum absolute atomic E-state index is 0.259. The van der Waals surface area contributed by atoms with Gasteiger partial charge in [0.1, 0.15) is 17.2 Å². The summed E-state index contributed by atoms with van der Waals surface area (Å²) in [5, 5.41) is 10.0. The Morgan fingerprint density at radius 2 is 2.04 bits per heavy atom. The Hall–Kier alpha value is -3.81. The van der Waals surface area contributed by atoms with E-state index in [1.165, 1.54) is 12.1 Å². The number of benzene rings is 1. The van der Waals surface area contributed by atoms with Gasteiger partial charge in [-0.2, -0.15) is 0 Å². The predicted molar refractivity (Wildman–Crippen MR) is 98.7 cm³/mol. The molecule has 7 nitrogen and oxygen atoms in total. The van der Waals surface area contributed by atoms with Crippen LogP contribution in [0.5, 0.6) is 0 Å². The maximum Gasteiger partial charge on any atom is 0.253 e. The lowest BCUT2D eigenvalue weighted by molar-refractivity contribution is 0.629. The Balaban J connectivity index is 1.48. The number of aromatic amines is 2. The molecule has 0 bridgehead atoms. The van der Waals surface area contributed by atoms with Gasteiger partial charge in [0, 0.05) is 28.9 Å². The molecule has 0 amide bonds. The van der Waals surface area contributed by atoms with E-state index in [0.717, 1.165) is 22.0 Å². The number of nitrogens with one attached hydrogen (secondary N) is 2. The average molecular weight is 360 g/mol. The van der Waals surface area contributed by atoms with Gasteiger partial charge in [-0.3, -0.25) is 4.79 Å². The monoisotopic (exact) mass is 360 g/mol. The number of pyridine rings is 2. The van der Waals surface area contributed by atoms with Crippen molar-refractivity contribution in [2.75, 3.05) is 0 Å². The second-order valence-electron chi connectivity index (χ2n) is 6.30. The molecule has 0 saturated heterocycles. The van der Waals surface area contributed by atoms with Crippen LogP contribution in [-0.2, 0) is 6.54 Å². The van der Waals surface area contributed by atoms with Crippen molar-refractivity contribution in [3.05, 3.63) is 76.7 Å². The first-order valence-electron chi connectivity index (χ1n) is 8.31. The van der Waals surface area contributed by atoms with Gasteiger partial charge in [-0.15, -0.1) is 5.10 Å². The van der Waals surface area contributed by atoms with E-state index in [4.69, 9.17) is 0 Å². The third-order valence-electron chi connectivity index (χ3n) is 4.45. The molecule has 27 heavy (non-hydrogen) atoms. The van der Waals surface area contributed by atoms with Crippen molar-refractivity contribution in [3.63, 3.8) is 0 Å². The minimum atomic E-state index is -0.389. The molecule has 0 unspecified atom stereocenters. The lowest BCUT2D eigenvalue weighted by Gasteiger charge is -2.03. The van der Waals surface area contributed by atoms with Crippen LogP contribution in [0, 0.1) is 5.82 Å². The highest BCUT2D eigenvalue weighted by Crippen LogP contribution is 2.20. The van der Waals surface area contributed by atoms with E-state index in [2.05, 4.69) is 25.3 Å². The first-order valence-corrected chi connectivity index (χ1v) is 8.31. The Bertz CT molecular complexity index is 1350. The van der Waals surface area contributed by atoms with E-state index < -0.39 is 0 Å². The summed E-state index contributed by atoms with van der Waals surface area (Å²) >= 11 is 0. The normalized spacial score (nSPS) is 11.4. The molecule has 0 spiro atoms. The Morgan fingerprint density at radius 3 is 2.96 bits per heavy atom. The smallest absolute Gasteiger partial charge is 0.253 e. The molecule has 4 aromatic heterocycles. The summed E-state index contributed by atoms with van der Waals surface area (Å²) in [4.78, 5) is 22.4. The summed E-state index contributed by atoms with van der Waals surface area (Å²) < 4.78 is 14.9. The molecule has 0 aliphatic carbocycles. The van der Waals surface area contributed by atoms with Crippen molar-refractivity contribution in [2.45, 2.75) is 6.54 Å². The van der Waals surface area contributed by atoms with E-state index in [1.807, 2.05) is 18.3 Å². The standard InChI is InChI=1S/C19H13FN6O/c20-15-2-1-11-5-14(19(27)23-16(11)7-15)9-26-10-17(24-25-26)13-6-12-3-4-21-18(12)22-8-13/h1-8,10H,9H2,(H,21,22)(H,23,27). The van der Waals surface area contributed by atoms with Crippen LogP contribution in [0.25, 0.3) is 33.2 Å². The van der Waals surface area contributed by atoms with Crippen LogP contribution in [-0.4, -0.2) is 29.9 Å². The van der Waals surface area contributed by atoms with Gasteiger partial charge in [-0.25, -0.2) is 14.1 Å². The molecule has 1 aromatic carbocycles. The zero-order valence-electron chi connectivity index (χ0n) is 14.0. The maximum atomic E-state index is 13.3. The fourth-order valence-corrected chi connectivity index (χ4v) is 3.10. The molecule has 0 aliphatic heterocycles. The van der Waals surface area contributed by atoms with Crippen LogP contribution < -0.4 is 5.56 Å². The summed E-state index contributed by atoms with van der Waals surface area (Å²) in [5.74, 6) is -0.389. The molecule has 0 atom stereocenters. The number of rotatable bonds is 3. The third-order valence-corrected chi connectivity index (χ3v) is 4.45. The highest BCUT2D eigenvalue weighted by molar-refractivity contribution is 5.80. The van der Waals surface area contributed by atoms with Crippen molar-refractivity contribution in [3.8, 4) is 11.3 Å². The summed E-state index contributed by atoms with van der Waals surface area (Å²) in [7, 11) is 0. The second kappa shape index (κ2) is 5.87. The number of fused-ring (bicyclic) bond motifs is 2. The van der Waals surface area contributed by atoms with E-state index in [9.17, 15) is 9.18 Å². The van der Waals surface area contributed by atoms with Crippen molar-refractivity contribution < 1.29 is 4.39 Å². The quantitative estimate of drug-likeness (QED) is 0.517. The molecule has 5 aromatic rings. The highest BCUT2D eigenvalue weighted by Gasteiger charge is 2.09. The number of halogens is 1. The zero-order valence-corrected chi connectivity index (χ0v) is 14.0. The zero-order chi connectivity index (χ0) is 18.4. The average Bonchev–Trinajstić information content (AvgIpc) is 3.31. The molecule has 0 saturated carbocycles. The van der Waals surface area contributed by atoms with E-state index >= 15 is 0 Å². The molecule has 0 aliphatic rings. The second-order valence-corrected chi connectivity index (χ2v) is 6.30. The van der Waals surface area contributed by atoms with Gasteiger partial charge in [-0.1, -0.05) is 5.21 Å². The molecule has 2 N–H and O–H groups in total. The van der Waals surface area contributed by atoms with Crippen molar-refractivity contribution >= 4 is 21.9 Å². The molecule has 8 heteroatoms. The molecular formula is C19H13FN6O. The first kappa shape index (κ1) is 15.4. The van der Waals surface area contributed by atoms with Crippen molar-refractivity contribution in [2.24, 2.45) is 0 Å². The van der Waals surface area contributed by atoms with Crippen LogP contribution in [0.2, 0.25) is 0 Å². The molecular weight excluding hydrogens is 347 g/mol. The molecule has 4 heterocycles. The van der Waals surface area contributed by atoms with Gasteiger partial charge in [0.2, 0.25) is 0 Å². The van der Waals surface area contributed by atoms with E-state index in [0.29, 0.717) is 16.8 Å². The van der Waals surface area contributed by atoms with Crippen molar-refractivity contribution in [1.82, 2.24) is 29.9 Å². The number of hydrogen-bond donors (Lipinski definition) is 2. The summed E-state index contributed by atoms with van der Waals surface area (Å²) in [6.07, 6.45) is 5.32. The van der Waals surface area contributed by atoms with Crippen LogP contribution in [0.4, 0.5) is 4.39 Å². The van der Waals surface area contributed by atoms with Crippen LogP contribution in [0.3, 0.4) is 0 Å². The summed E-state index contributed by atoms with van der Waals surface area (Å²) in [5.41, 5.74) is 3.03. The third kappa shape index (κ3) is 2.77. The molecule has 132 valence electrons. The van der Waals surface area contributed by atoms with E-state index in [1.54, 1.807) is 29.2 Å². The Morgan fingerprint density at radius 1 is 1.11 bits per heavy atom. The lowest BCUT2D eigenvalue weighted by atomic mass is 10.1. The Kier molecular flexibility index (Phi) is 3.36. The van der Waals surface area contributed by atoms with Gasteiger partial charge in [0.25, 0.3) is 5.56 Å². The summed E-state index contributed by atoms with van der Waals surface area (Å²) in [6.45, 7) is 0.259. The van der Waals surface area contributed by atoms with Gasteiger partial charge >= 0.3 is 0 Å². The van der Waals surface area contributed by atoms with Gasteiger partial charge in [-0.05, 0) is 41.8 Å². The number of hydrogen-bond acceptors (Lipinski definition) is 4. The Labute approximate surface area is 151 Å². The number of H-pyrrole nitrogens is 2. The number of aromatic nitrogens is 6. The van der Waals surface area contributed by atoms with Crippen LogP contribution in [0.1, 0.15) is 5.56 Å². The minimum Gasteiger partial charge on any atom is -0.346 e. The predicted octanol–water partition coefficient (Wildman–Crippen LogP) is 2.85. The largest absolute Gasteiger partial charge is 0.346 e. The van der Waals surface area contributed by atoms with Crippen LogP contribution in [0.15, 0.2) is 59.8 Å². The van der Waals surface area contributed by atoms with Gasteiger partial charge in [0.05, 0.1) is 18.3 Å². The van der Waals surface area contributed by atoms with Gasteiger partial charge < -0.3 is 9.97 Å².